The number of aliphatic hydroxyl groups is 1. The molecule has 0 amide bonds. The Balaban J connectivity index is 2.07. The molecule has 0 heterocycles. The number of rotatable bonds is 3. The van der Waals surface area contributed by atoms with Crippen LogP contribution in [0.5, 0.6) is 5.75 Å². The zero-order valence-corrected chi connectivity index (χ0v) is 11.5. The zero-order valence-electron chi connectivity index (χ0n) is 11.5. The second kappa shape index (κ2) is 4.90. The van der Waals surface area contributed by atoms with Gasteiger partial charge in [0, 0.05) is 13.5 Å². The standard InChI is InChI=1S/C15H22O3/c1-15(2,3)10-6-5-7-11(8-10)18-13-9-12(16)14(13)17-4/h5-8,12-14,16H,9H2,1-4H3. The van der Waals surface area contributed by atoms with E-state index >= 15 is 0 Å². The van der Waals surface area contributed by atoms with E-state index in [9.17, 15) is 5.11 Å². The summed E-state index contributed by atoms with van der Waals surface area (Å²) in [6, 6.07) is 8.13. The van der Waals surface area contributed by atoms with Gasteiger partial charge >= 0.3 is 0 Å². The molecule has 1 N–H and O–H groups in total. The van der Waals surface area contributed by atoms with Crippen molar-refractivity contribution in [1.29, 1.82) is 0 Å². The van der Waals surface area contributed by atoms with Crippen LogP contribution in [0.25, 0.3) is 0 Å². The average molecular weight is 250 g/mol. The lowest BCUT2D eigenvalue weighted by atomic mass is 9.86. The fourth-order valence-corrected chi connectivity index (χ4v) is 2.19. The minimum Gasteiger partial charge on any atom is -0.488 e. The van der Waals surface area contributed by atoms with E-state index in [1.807, 2.05) is 12.1 Å². The average Bonchev–Trinajstić information content (AvgIpc) is 2.28. The fourth-order valence-electron chi connectivity index (χ4n) is 2.19. The maximum absolute atomic E-state index is 9.53. The summed E-state index contributed by atoms with van der Waals surface area (Å²) in [5.41, 5.74) is 1.35. The van der Waals surface area contributed by atoms with Crippen LogP contribution in [0.15, 0.2) is 24.3 Å². The molecule has 0 saturated heterocycles. The number of methoxy groups -OCH3 is 1. The summed E-state index contributed by atoms with van der Waals surface area (Å²) in [4.78, 5) is 0. The third-order valence-electron chi connectivity index (χ3n) is 3.48. The van der Waals surface area contributed by atoms with Gasteiger partial charge in [-0.2, -0.15) is 0 Å². The molecule has 3 atom stereocenters. The molecule has 1 aromatic rings. The number of hydrogen-bond acceptors (Lipinski definition) is 3. The van der Waals surface area contributed by atoms with Crippen LogP contribution in [-0.4, -0.2) is 30.5 Å². The molecule has 1 fully saturated rings. The maximum atomic E-state index is 9.53. The molecule has 0 aliphatic heterocycles. The first-order valence-electron chi connectivity index (χ1n) is 6.40. The summed E-state index contributed by atoms with van der Waals surface area (Å²) in [7, 11) is 1.61. The second-order valence-corrected chi connectivity index (χ2v) is 5.94. The van der Waals surface area contributed by atoms with Crippen LogP contribution >= 0.6 is 0 Å². The third-order valence-corrected chi connectivity index (χ3v) is 3.48. The summed E-state index contributed by atoms with van der Waals surface area (Å²) < 4.78 is 11.1. The molecule has 3 nitrogen and oxygen atoms in total. The van der Waals surface area contributed by atoms with Crippen molar-refractivity contribution in [2.45, 2.75) is 50.9 Å². The van der Waals surface area contributed by atoms with Crippen LogP contribution in [0, 0.1) is 0 Å². The number of benzene rings is 1. The second-order valence-electron chi connectivity index (χ2n) is 5.94. The summed E-state index contributed by atoms with van der Waals surface area (Å²) >= 11 is 0. The molecule has 0 radical (unpaired) electrons. The molecule has 3 heteroatoms. The van der Waals surface area contributed by atoms with Gasteiger partial charge in [0.1, 0.15) is 18.0 Å². The Bertz CT molecular complexity index is 408. The molecule has 1 aromatic carbocycles. The first kappa shape index (κ1) is 13.4. The largest absolute Gasteiger partial charge is 0.488 e. The smallest absolute Gasteiger partial charge is 0.130 e. The van der Waals surface area contributed by atoms with Gasteiger partial charge < -0.3 is 14.6 Å². The van der Waals surface area contributed by atoms with Crippen LogP contribution in [0.4, 0.5) is 0 Å². The number of ether oxygens (including phenoxy) is 2. The molecule has 0 spiro atoms. The molecule has 1 aliphatic carbocycles. The van der Waals surface area contributed by atoms with Crippen LogP contribution in [0.1, 0.15) is 32.8 Å². The topological polar surface area (TPSA) is 38.7 Å². The quantitative estimate of drug-likeness (QED) is 0.896. The monoisotopic (exact) mass is 250 g/mol. The highest BCUT2D eigenvalue weighted by Crippen LogP contribution is 2.31. The molecule has 100 valence electrons. The highest BCUT2D eigenvalue weighted by Gasteiger charge is 2.42. The lowest BCUT2D eigenvalue weighted by Crippen LogP contribution is -2.54. The van der Waals surface area contributed by atoms with Gasteiger partial charge in [0.15, 0.2) is 0 Å². The minimum absolute atomic E-state index is 0.0415. The molecule has 0 aromatic heterocycles. The highest BCUT2D eigenvalue weighted by atomic mass is 16.6. The van der Waals surface area contributed by atoms with Crippen molar-refractivity contribution in [3.63, 3.8) is 0 Å². The van der Waals surface area contributed by atoms with E-state index in [0.29, 0.717) is 6.42 Å². The van der Waals surface area contributed by atoms with Crippen molar-refractivity contribution in [3.05, 3.63) is 29.8 Å². The zero-order chi connectivity index (χ0) is 13.3. The molecule has 1 aliphatic rings. The van der Waals surface area contributed by atoms with E-state index in [0.717, 1.165) is 5.75 Å². The Morgan fingerprint density at radius 1 is 1.28 bits per heavy atom. The maximum Gasteiger partial charge on any atom is 0.130 e. The first-order chi connectivity index (χ1) is 8.41. The van der Waals surface area contributed by atoms with Crippen molar-refractivity contribution in [3.8, 4) is 5.75 Å². The Labute approximate surface area is 109 Å². The SMILES string of the molecule is COC1C(O)CC1Oc1cccc(C(C)(C)C)c1. The van der Waals surface area contributed by atoms with Gasteiger partial charge in [0.05, 0.1) is 6.10 Å². The van der Waals surface area contributed by atoms with Crippen molar-refractivity contribution in [2.24, 2.45) is 0 Å². The predicted octanol–water partition coefficient (Wildman–Crippen LogP) is 2.51. The van der Waals surface area contributed by atoms with E-state index in [1.165, 1.54) is 5.56 Å². The van der Waals surface area contributed by atoms with Crippen molar-refractivity contribution < 1.29 is 14.6 Å². The summed E-state index contributed by atoms with van der Waals surface area (Å²) in [5.74, 6) is 0.848. The highest BCUT2D eigenvalue weighted by molar-refractivity contribution is 5.33. The molecule has 0 bridgehead atoms. The number of aliphatic hydroxyl groups excluding tert-OH is 1. The summed E-state index contributed by atoms with van der Waals surface area (Å²) in [6.07, 6.45) is -0.00700. The normalized spacial score (nSPS) is 27.7. The van der Waals surface area contributed by atoms with Gasteiger partial charge in [0.25, 0.3) is 0 Å². The first-order valence-corrected chi connectivity index (χ1v) is 6.40. The van der Waals surface area contributed by atoms with Gasteiger partial charge in [-0.3, -0.25) is 0 Å². The van der Waals surface area contributed by atoms with E-state index < -0.39 is 6.10 Å². The van der Waals surface area contributed by atoms with Gasteiger partial charge in [-0.05, 0) is 23.1 Å². The van der Waals surface area contributed by atoms with Crippen LogP contribution < -0.4 is 4.74 Å². The summed E-state index contributed by atoms with van der Waals surface area (Å²) in [6.45, 7) is 6.53. The Morgan fingerprint density at radius 2 is 2.00 bits per heavy atom. The van der Waals surface area contributed by atoms with Crippen molar-refractivity contribution in [2.75, 3.05) is 7.11 Å². The van der Waals surface area contributed by atoms with Gasteiger partial charge in [-0.25, -0.2) is 0 Å². The fraction of sp³-hybridized carbons (Fsp3) is 0.600. The third kappa shape index (κ3) is 2.68. The Morgan fingerprint density at radius 3 is 2.56 bits per heavy atom. The van der Waals surface area contributed by atoms with Crippen LogP contribution in [0.2, 0.25) is 0 Å². The van der Waals surface area contributed by atoms with E-state index in [1.54, 1.807) is 7.11 Å². The van der Waals surface area contributed by atoms with E-state index in [2.05, 4.69) is 32.9 Å². The lowest BCUT2D eigenvalue weighted by Gasteiger charge is -2.40. The molecule has 2 rings (SSSR count). The van der Waals surface area contributed by atoms with Crippen LogP contribution in [-0.2, 0) is 10.2 Å². The Kier molecular flexibility index (Phi) is 3.64. The van der Waals surface area contributed by atoms with Crippen molar-refractivity contribution in [1.82, 2.24) is 0 Å². The van der Waals surface area contributed by atoms with E-state index in [-0.39, 0.29) is 17.6 Å². The molecule has 3 unspecified atom stereocenters. The molecule has 18 heavy (non-hydrogen) atoms. The van der Waals surface area contributed by atoms with E-state index in [4.69, 9.17) is 9.47 Å². The lowest BCUT2D eigenvalue weighted by molar-refractivity contribution is -0.149. The van der Waals surface area contributed by atoms with Gasteiger partial charge in [-0.15, -0.1) is 0 Å². The molecular weight excluding hydrogens is 228 g/mol. The molecule has 1 saturated carbocycles. The van der Waals surface area contributed by atoms with Crippen molar-refractivity contribution >= 4 is 0 Å². The van der Waals surface area contributed by atoms with Gasteiger partial charge in [0.2, 0.25) is 0 Å². The van der Waals surface area contributed by atoms with Crippen LogP contribution in [0.3, 0.4) is 0 Å². The summed E-state index contributed by atoms with van der Waals surface area (Å²) in [5, 5.41) is 9.53. The number of hydrogen-bond donors (Lipinski definition) is 1. The van der Waals surface area contributed by atoms with Gasteiger partial charge in [-0.1, -0.05) is 32.9 Å². The predicted molar refractivity (Wildman–Crippen MR) is 71.0 cm³/mol. The Hall–Kier alpha value is -1.06. The molecular formula is C15H22O3. The minimum atomic E-state index is -0.397.